The van der Waals surface area contributed by atoms with E-state index in [-0.39, 0.29) is 11.8 Å². The van der Waals surface area contributed by atoms with Gasteiger partial charge in [-0.1, -0.05) is 13.1 Å². The van der Waals surface area contributed by atoms with Gasteiger partial charge in [-0.25, -0.2) is 0 Å². The molecular weight excluding hydrogens is 156 g/mol. The Labute approximate surface area is 70.2 Å². The van der Waals surface area contributed by atoms with Crippen LogP contribution < -0.4 is 0 Å². The second kappa shape index (κ2) is 3.69. The third-order valence-corrected chi connectivity index (χ3v) is 5.45. The molecule has 1 heterocycles. The lowest BCUT2D eigenvalue weighted by Gasteiger charge is -2.38. The Morgan fingerprint density at radius 1 is 1.45 bits per heavy atom. The molecule has 3 heteroatoms. The first-order chi connectivity index (χ1) is 5.21. The lowest BCUT2D eigenvalue weighted by atomic mass is 10.1. The third-order valence-electron chi connectivity index (χ3n) is 2.70. The highest BCUT2D eigenvalue weighted by Gasteiger charge is 2.36. The van der Waals surface area contributed by atoms with Gasteiger partial charge in [0, 0.05) is 6.61 Å². The Morgan fingerprint density at radius 2 is 2.18 bits per heavy atom. The summed E-state index contributed by atoms with van der Waals surface area (Å²) in [6.07, 6.45) is 3.47. The summed E-state index contributed by atoms with van der Waals surface area (Å²) in [6, 6.07) is 0. The van der Waals surface area contributed by atoms with Crippen molar-refractivity contribution in [2.24, 2.45) is 0 Å². The standard InChI is InChI=1S/C8H18O2Si/c1-11(2)8(7-9)5-3-4-6-10-8/h9,11H,3-7H2,1-2H3. The zero-order chi connectivity index (χ0) is 8.32. The first kappa shape index (κ1) is 9.23. The van der Waals surface area contributed by atoms with Crippen molar-refractivity contribution in [3.05, 3.63) is 0 Å². The van der Waals surface area contributed by atoms with Gasteiger partial charge in [-0.2, -0.15) is 0 Å². The van der Waals surface area contributed by atoms with Crippen molar-refractivity contribution in [2.75, 3.05) is 13.2 Å². The summed E-state index contributed by atoms with van der Waals surface area (Å²) in [6.45, 7) is 5.59. The van der Waals surface area contributed by atoms with E-state index in [4.69, 9.17) is 4.74 Å². The minimum Gasteiger partial charge on any atom is -0.394 e. The van der Waals surface area contributed by atoms with Gasteiger partial charge in [0.1, 0.15) is 0 Å². The molecule has 0 amide bonds. The first-order valence-corrected chi connectivity index (χ1v) is 7.35. The molecular formula is C8H18O2Si. The van der Waals surface area contributed by atoms with E-state index >= 15 is 0 Å². The van der Waals surface area contributed by atoms with Crippen LogP contribution in [0.1, 0.15) is 19.3 Å². The zero-order valence-electron chi connectivity index (χ0n) is 7.47. The fraction of sp³-hybridized carbons (Fsp3) is 1.00. The maximum Gasteiger partial charge on any atom is 0.0773 e. The summed E-state index contributed by atoms with van der Waals surface area (Å²) >= 11 is 0. The predicted molar refractivity (Wildman–Crippen MR) is 48.5 cm³/mol. The number of aliphatic hydroxyl groups is 1. The van der Waals surface area contributed by atoms with E-state index in [1.807, 2.05) is 0 Å². The van der Waals surface area contributed by atoms with Gasteiger partial charge in [0.25, 0.3) is 0 Å². The summed E-state index contributed by atoms with van der Waals surface area (Å²) in [4.78, 5) is 0. The van der Waals surface area contributed by atoms with E-state index in [1.54, 1.807) is 0 Å². The van der Waals surface area contributed by atoms with E-state index in [2.05, 4.69) is 13.1 Å². The predicted octanol–water partition coefficient (Wildman–Crippen LogP) is 0.944. The molecule has 1 N–H and O–H groups in total. The molecule has 1 atom stereocenters. The third kappa shape index (κ3) is 1.83. The summed E-state index contributed by atoms with van der Waals surface area (Å²) in [5.74, 6) is 0. The fourth-order valence-electron chi connectivity index (χ4n) is 1.64. The molecule has 66 valence electrons. The highest BCUT2D eigenvalue weighted by molar-refractivity contribution is 6.59. The van der Waals surface area contributed by atoms with Gasteiger partial charge in [0.05, 0.1) is 20.6 Å². The molecule has 0 aliphatic carbocycles. The molecule has 0 aromatic carbocycles. The molecule has 1 aliphatic heterocycles. The highest BCUT2D eigenvalue weighted by atomic mass is 28.3. The monoisotopic (exact) mass is 174 g/mol. The number of ether oxygens (including phenoxy) is 1. The molecule has 1 rings (SSSR count). The largest absolute Gasteiger partial charge is 0.394 e. The Kier molecular flexibility index (Phi) is 3.10. The van der Waals surface area contributed by atoms with Crippen molar-refractivity contribution in [3.8, 4) is 0 Å². The fourth-order valence-corrected chi connectivity index (χ4v) is 3.23. The number of hydrogen-bond donors (Lipinski definition) is 1. The maximum absolute atomic E-state index is 9.22. The zero-order valence-corrected chi connectivity index (χ0v) is 8.62. The topological polar surface area (TPSA) is 29.5 Å². The quantitative estimate of drug-likeness (QED) is 0.631. The van der Waals surface area contributed by atoms with Crippen LogP contribution in [0.2, 0.25) is 13.1 Å². The Balaban J connectivity index is 2.57. The molecule has 0 spiro atoms. The van der Waals surface area contributed by atoms with Crippen molar-refractivity contribution in [1.29, 1.82) is 0 Å². The average molecular weight is 174 g/mol. The van der Waals surface area contributed by atoms with Gasteiger partial charge in [0.15, 0.2) is 0 Å². The molecule has 11 heavy (non-hydrogen) atoms. The molecule has 1 saturated heterocycles. The molecule has 0 radical (unpaired) electrons. The summed E-state index contributed by atoms with van der Waals surface area (Å²) < 4.78 is 5.69. The second-order valence-electron chi connectivity index (χ2n) is 3.68. The van der Waals surface area contributed by atoms with Gasteiger partial charge < -0.3 is 9.84 Å². The van der Waals surface area contributed by atoms with Gasteiger partial charge in [0.2, 0.25) is 0 Å². The highest BCUT2D eigenvalue weighted by Crippen LogP contribution is 2.26. The van der Waals surface area contributed by atoms with E-state index in [0.717, 1.165) is 13.0 Å². The van der Waals surface area contributed by atoms with Gasteiger partial charge >= 0.3 is 0 Å². The van der Waals surface area contributed by atoms with E-state index < -0.39 is 8.80 Å². The van der Waals surface area contributed by atoms with Crippen molar-refractivity contribution in [2.45, 2.75) is 37.6 Å². The molecule has 0 saturated carbocycles. The number of rotatable bonds is 2. The lowest BCUT2D eigenvalue weighted by Crippen LogP contribution is -2.50. The van der Waals surface area contributed by atoms with Crippen LogP contribution in [0, 0.1) is 0 Å². The smallest absolute Gasteiger partial charge is 0.0773 e. The number of hydrogen-bond acceptors (Lipinski definition) is 2. The SMILES string of the molecule is C[SiH](C)C1(CO)CCCCO1. The van der Waals surface area contributed by atoms with Gasteiger partial charge in [-0.15, -0.1) is 0 Å². The first-order valence-electron chi connectivity index (χ1n) is 4.46. The average Bonchev–Trinajstić information content (AvgIpc) is 2.05. The maximum atomic E-state index is 9.22. The van der Waals surface area contributed by atoms with Crippen molar-refractivity contribution in [1.82, 2.24) is 0 Å². The van der Waals surface area contributed by atoms with E-state index in [0.29, 0.717) is 0 Å². The van der Waals surface area contributed by atoms with Crippen LogP contribution in [-0.2, 0) is 4.74 Å². The normalized spacial score (nSPS) is 32.7. The molecule has 0 bridgehead atoms. The van der Waals surface area contributed by atoms with Gasteiger partial charge in [-0.3, -0.25) is 0 Å². The second-order valence-corrected chi connectivity index (χ2v) is 7.04. The number of aliphatic hydroxyl groups excluding tert-OH is 1. The minimum atomic E-state index is -0.860. The van der Waals surface area contributed by atoms with Crippen LogP contribution in [0.15, 0.2) is 0 Å². The summed E-state index contributed by atoms with van der Waals surface area (Å²) in [5.41, 5.74) is 0. The Morgan fingerprint density at radius 3 is 2.45 bits per heavy atom. The van der Waals surface area contributed by atoms with Crippen LogP contribution in [-0.4, -0.2) is 32.3 Å². The summed E-state index contributed by atoms with van der Waals surface area (Å²) in [7, 11) is -0.860. The summed E-state index contributed by atoms with van der Waals surface area (Å²) in [5, 5.41) is 9.14. The molecule has 1 unspecified atom stereocenters. The van der Waals surface area contributed by atoms with Crippen molar-refractivity contribution >= 4 is 8.80 Å². The van der Waals surface area contributed by atoms with E-state index in [1.165, 1.54) is 12.8 Å². The van der Waals surface area contributed by atoms with Crippen molar-refractivity contribution < 1.29 is 9.84 Å². The molecule has 0 aromatic rings. The van der Waals surface area contributed by atoms with Gasteiger partial charge in [-0.05, 0) is 19.3 Å². The van der Waals surface area contributed by atoms with Crippen LogP contribution in [0.4, 0.5) is 0 Å². The Hall–Kier alpha value is 0.137. The van der Waals surface area contributed by atoms with E-state index in [9.17, 15) is 5.11 Å². The van der Waals surface area contributed by atoms with Crippen LogP contribution in [0.5, 0.6) is 0 Å². The minimum absolute atomic E-state index is 0.0851. The van der Waals surface area contributed by atoms with Crippen LogP contribution in [0.3, 0.4) is 0 Å². The van der Waals surface area contributed by atoms with Crippen molar-refractivity contribution in [3.63, 3.8) is 0 Å². The molecule has 2 nitrogen and oxygen atoms in total. The molecule has 1 aliphatic rings. The van der Waals surface area contributed by atoms with Crippen LogP contribution >= 0.6 is 0 Å². The Bertz CT molecular complexity index is 119. The lowest BCUT2D eigenvalue weighted by molar-refractivity contribution is -0.0545. The molecule has 0 aromatic heterocycles. The molecule has 1 fully saturated rings. The van der Waals surface area contributed by atoms with Crippen LogP contribution in [0.25, 0.3) is 0 Å².